The highest BCUT2D eigenvalue weighted by Crippen LogP contribution is 2.61. The Balaban J connectivity index is 1.42. The minimum atomic E-state index is 0.00847. The molecule has 4 aliphatic rings. The lowest BCUT2D eigenvalue weighted by Gasteiger charge is -2.59. The summed E-state index contributed by atoms with van der Waals surface area (Å²) in [4.78, 5) is 12.5. The maximum atomic E-state index is 12.5. The summed E-state index contributed by atoms with van der Waals surface area (Å²) in [5, 5.41) is 3.28. The number of hydrogen-bond donors (Lipinski definition) is 1. The van der Waals surface area contributed by atoms with Gasteiger partial charge >= 0.3 is 0 Å². The van der Waals surface area contributed by atoms with Gasteiger partial charge in [0.25, 0.3) is 0 Å². The van der Waals surface area contributed by atoms with Crippen LogP contribution in [0.5, 0.6) is 5.75 Å². The maximum absolute atomic E-state index is 12.5. The third-order valence-electron chi connectivity index (χ3n) is 6.92. The van der Waals surface area contributed by atoms with E-state index < -0.39 is 0 Å². The Bertz CT molecular complexity index is 643. The number of para-hydroxylation sites is 1. The fraction of sp³-hybridized carbons (Fsp3) is 0.591. The minimum Gasteiger partial charge on any atom is -0.496 e. The summed E-state index contributed by atoms with van der Waals surface area (Å²) in [5.74, 6) is 3.54. The largest absolute Gasteiger partial charge is 0.496 e. The van der Waals surface area contributed by atoms with Gasteiger partial charge in [0.05, 0.1) is 7.11 Å². The molecule has 4 fully saturated rings. The molecule has 0 radical (unpaired) electrons. The van der Waals surface area contributed by atoms with E-state index in [1.807, 2.05) is 30.3 Å². The molecule has 0 heterocycles. The zero-order chi connectivity index (χ0) is 17.4. The minimum absolute atomic E-state index is 0.00847. The van der Waals surface area contributed by atoms with Crippen molar-refractivity contribution in [3.63, 3.8) is 0 Å². The Morgan fingerprint density at radius 3 is 2.36 bits per heavy atom. The molecule has 5 rings (SSSR count). The van der Waals surface area contributed by atoms with E-state index in [0.29, 0.717) is 5.41 Å². The van der Waals surface area contributed by atoms with Crippen molar-refractivity contribution in [3.05, 3.63) is 35.9 Å². The number of carbonyl (C=O) groups is 1. The van der Waals surface area contributed by atoms with Crippen LogP contribution < -0.4 is 10.1 Å². The molecule has 3 nitrogen and oxygen atoms in total. The van der Waals surface area contributed by atoms with Crippen LogP contribution in [0.4, 0.5) is 0 Å². The van der Waals surface area contributed by atoms with E-state index in [9.17, 15) is 4.79 Å². The number of nitrogens with one attached hydrogen (secondary N) is 1. The molecule has 4 aliphatic carbocycles. The second-order valence-electron chi connectivity index (χ2n) is 8.59. The van der Waals surface area contributed by atoms with Gasteiger partial charge in [0.1, 0.15) is 5.75 Å². The Morgan fingerprint density at radius 1 is 1.16 bits per heavy atom. The fourth-order valence-corrected chi connectivity index (χ4v) is 6.09. The molecular formula is C22H29NO2. The Morgan fingerprint density at radius 2 is 1.76 bits per heavy atom. The normalized spacial score (nSPS) is 34.2. The maximum Gasteiger partial charge on any atom is 0.244 e. The Kier molecular flexibility index (Phi) is 4.35. The molecule has 0 aliphatic heterocycles. The molecule has 4 bridgehead atoms. The van der Waals surface area contributed by atoms with Crippen LogP contribution in [-0.2, 0) is 4.79 Å². The summed E-state index contributed by atoms with van der Waals surface area (Å²) in [7, 11) is 1.65. The van der Waals surface area contributed by atoms with Crippen molar-refractivity contribution in [1.29, 1.82) is 0 Å². The third kappa shape index (κ3) is 3.21. The number of carbonyl (C=O) groups excluding carboxylic acids is 1. The van der Waals surface area contributed by atoms with Gasteiger partial charge in [-0.05, 0) is 80.8 Å². The van der Waals surface area contributed by atoms with Gasteiger partial charge in [-0.2, -0.15) is 0 Å². The molecule has 4 saturated carbocycles. The first-order valence-corrected chi connectivity index (χ1v) is 9.69. The van der Waals surface area contributed by atoms with Gasteiger partial charge in [0.15, 0.2) is 0 Å². The molecule has 1 aromatic rings. The zero-order valence-electron chi connectivity index (χ0n) is 15.3. The Labute approximate surface area is 150 Å². The number of hydrogen-bond acceptors (Lipinski definition) is 2. The molecule has 0 aromatic heterocycles. The first-order chi connectivity index (χ1) is 12.1. The summed E-state index contributed by atoms with van der Waals surface area (Å²) in [6.07, 6.45) is 11.8. The van der Waals surface area contributed by atoms with Crippen molar-refractivity contribution >= 4 is 12.0 Å². The van der Waals surface area contributed by atoms with Crippen molar-refractivity contribution in [3.8, 4) is 5.75 Å². The van der Waals surface area contributed by atoms with E-state index in [1.54, 1.807) is 13.2 Å². The molecule has 3 heteroatoms. The van der Waals surface area contributed by atoms with Crippen molar-refractivity contribution < 1.29 is 9.53 Å². The number of methoxy groups -OCH3 is 1. The van der Waals surface area contributed by atoms with Crippen LogP contribution in [0.2, 0.25) is 0 Å². The fourth-order valence-electron chi connectivity index (χ4n) is 6.09. The molecule has 0 saturated heterocycles. The summed E-state index contributed by atoms with van der Waals surface area (Å²) in [6, 6.07) is 8.03. The lowest BCUT2D eigenvalue weighted by atomic mass is 9.48. The van der Waals surface area contributed by atoms with Gasteiger partial charge in [0.2, 0.25) is 5.91 Å². The second kappa shape index (κ2) is 6.51. The predicted molar refractivity (Wildman–Crippen MR) is 100 cm³/mol. The van der Waals surface area contributed by atoms with Gasteiger partial charge in [-0.1, -0.05) is 18.2 Å². The lowest BCUT2D eigenvalue weighted by Crippen LogP contribution is -2.55. The average molecular weight is 339 g/mol. The quantitative estimate of drug-likeness (QED) is 0.806. The van der Waals surface area contributed by atoms with Crippen LogP contribution in [0.1, 0.15) is 51.0 Å². The predicted octanol–water partition coefficient (Wildman–Crippen LogP) is 4.43. The summed E-state index contributed by atoms with van der Waals surface area (Å²) < 4.78 is 5.34. The van der Waals surface area contributed by atoms with E-state index in [0.717, 1.165) is 29.1 Å². The third-order valence-corrected chi connectivity index (χ3v) is 6.92. The summed E-state index contributed by atoms with van der Waals surface area (Å²) in [6.45, 7) is 2.22. The zero-order valence-corrected chi connectivity index (χ0v) is 15.3. The number of rotatable bonds is 5. The number of amides is 1. The first kappa shape index (κ1) is 16.7. The lowest BCUT2D eigenvalue weighted by molar-refractivity contribution is -0.121. The van der Waals surface area contributed by atoms with Gasteiger partial charge in [-0.25, -0.2) is 0 Å². The monoisotopic (exact) mass is 339 g/mol. The molecule has 25 heavy (non-hydrogen) atoms. The molecular weight excluding hydrogens is 310 g/mol. The van der Waals surface area contributed by atoms with Crippen molar-refractivity contribution in [2.45, 2.75) is 51.5 Å². The molecule has 1 atom stereocenters. The number of benzene rings is 1. The molecule has 1 amide bonds. The van der Waals surface area contributed by atoms with Crippen LogP contribution >= 0.6 is 0 Å². The first-order valence-electron chi connectivity index (χ1n) is 9.69. The second-order valence-corrected chi connectivity index (χ2v) is 8.59. The van der Waals surface area contributed by atoms with Gasteiger partial charge in [-0.3, -0.25) is 4.79 Å². The molecule has 134 valence electrons. The van der Waals surface area contributed by atoms with E-state index >= 15 is 0 Å². The summed E-state index contributed by atoms with van der Waals surface area (Å²) in [5.41, 5.74) is 1.28. The number of ether oxygens (including phenoxy) is 1. The average Bonchev–Trinajstić information content (AvgIpc) is 2.59. The van der Waals surface area contributed by atoms with Crippen molar-refractivity contribution in [2.24, 2.45) is 23.2 Å². The highest BCUT2D eigenvalue weighted by atomic mass is 16.5. The summed E-state index contributed by atoms with van der Waals surface area (Å²) >= 11 is 0. The standard InChI is InChI=1S/C22H29NO2/c1-15(22-12-16-9-17(13-22)11-18(10-16)14-22)23-21(24)8-7-19-5-3-4-6-20(19)25-2/h3-8,15-18H,9-14H2,1-2H3,(H,23,24)/b8-7+/t15-,16?,17?,18?,22?/m0/s1. The highest BCUT2D eigenvalue weighted by molar-refractivity contribution is 5.92. The topological polar surface area (TPSA) is 38.3 Å². The van der Waals surface area contributed by atoms with Gasteiger partial charge in [0, 0.05) is 17.7 Å². The smallest absolute Gasteiger partial charge is 0.244 e. The van der Waals surface area contributed by atoms with E-state index in [4.69, 9.17) is 4.74 Å². The van der Waals surface area contributed by atoms with E-state index in [-0.39, 0.29) is 11.9 Å². The van der Waals surface area contributed by atoms with E-state index in [1.165, 1.54) is 38.5 Å². The SMILES string of the molecule is COc1ccccc1/C=C/C(=O)N[C@@H](C)C12CC3CC(CC(C3)C1)C2. The van der Waals surface area contributed by atoms with Gasteiger partial charge < -0.3 is 10.1 Å². The van der Waals surface area contributed by atoms with Crippen LogP contribution in [0.25, 0.3) is 6.08 Å². The van der Waals surface area contributed by atoms with Crippen LogP contribution in [0, 0.1) is 23.2 Å². The van der Waals surface area contributed by atoms with Crippen LogP contribution in [-0.4, -0.2) is 19.1 Å². The molecule has 1 aromatic carbocycles. The molecule has 0 spiro atoms. The molecule has 1 N–H and O–H groups in total. The molecule has 0 unspecified atom stereocenters. The van der Waals surface area contributed by atoms with Crippen molar-refractivity contribution in [1.82, 2.24) is 5.32 Å². The van der Waals surface area contributed by atoms with E-state index in [2.05, 4.69) is 12.2 Å². The van der Waals surface area contributed by atoms with Crippen LogP contribution in [0.3, 0.4) is 0 Å². The van der Waals surface area contributed by atoms with Gasteiger partial charge in [-0.15, -0.1) is 0 Å². The Hall–Kier alpha value is -1.77. The van der Waals surface area contributed by atoms with Crippen LogP contribution in [0.15, 0.2) is 30.3 Å². The highest BCUT2D eigenvalue weighted by Gasteiger charge is 2.53. The van der Waals surface area contributed by atoms with Crippen molar-refractivity contribution in [2.75, 3.05) is 7.11 Å².